The first-order valence-electron chi connectivity index (χ1n) is 18.1. The van der Waals surface area contributed by atoms with E-state index in [9.17, 15) is 0 Å². The summed E-state index contributed by atoms with van der Waals surface area (Å²) >= 11 is 1.86. The molecule has 0 unspecified atom stereocenters. The van der Waals surface area contributed by atoms with Crippen LogP contribution in [0.2, 0.25) is 0 Å². The van der Waals surface area contributed by atoms with Crippen LogP contribution in [0.1, 0.15) is 0 Å². The fourth-order valence-electron chi connectivity index (χ4n) is 8.39. The van der Waals surface area contributed by atoms with E-state index >= 15 is 0 Å². The molecule has 0 aliphatic heterocycles. The molecule has 2 heterocycles. The van der Waals surface area contributed by atoms with Crippen LogP contribution < -0.4 is 4.90 Å². The van der Waals surface area contributed by atoms with Crippen LogP contribution in [0.25, 0.3) is 80.3 Å². The van der Waals surface area contributed by atoms with Crippen molar-refractivity contribution >= 4 is 91.9 Å². The Morgan fingerprint density at radius 1 is 0.396 bits per heavy atom. The first-order valence-corrected chi connectivity index (χ1v) is 18.9. The van der Waals surface area contributed by atoms with E-state index in [0.29, 0.717) is 0 Å². The second-order valence-electron chi connectivity index (χ2n) is 13.7. The number of para-hydroxylation sites is 1. The summed E-state index contributed by atoms with van der Waals surface area (Å²) < 4.78 is 5.03. The number of hydrogen-bond donors (Lipinski definition) is 0. The highest BCUT2D eigenvalue weighted by molar-refractivity contribution is 7.26. The molecule has 0 bridgehead atoms. The summed E-state index contributed by atoms with van der Waals surface area (Å²) in [5.74, 6) is 0. The van der Waals surface area contributed by atoms with E-state index in [1.807, 2.05) is 11.3 Å². The van der Waals surface area contributed by atoms with Gasteiger partial charge >= 0.3 is 0 Å². The van der Waals surface area contributed by atoms with Gasteiger partial charge in [0.25, 0.3) is 0 Å². The number of rotatable bonds is 5. The Labute approximate surface area is 311 Å². The van der Waals surface area contributed by atoms with Crippen LogP contribution in [0.15, 0.2) is 194 Å². The van der Waals surface area contributed by atoms with Crippen LogP contribution in [0, 0.1) is 0 Å². The van der Waals surface area contributed by atoms with E-state index in [4.69, 9.17) is 0 Å². The number of thiophene rings is 1. The van der Waals surface area contributed by atoms with Gasteiger partial charge in [0.05, 0.1) is 16.7 Å². The van der Waals surface area contributed by atoms with Gasteiger partial charge in [0.15, 0.2) is 0 Å². The van der Waals surface area contributed by atoms with Gasteiger partial charge in [-0.15, -0.1) is 11.3 Å². The number of fused-ring (bicyclic) bond motifs is 9. The number of aromatic nitrogens is 1. The highest BCUT2D eigenvalue weighted by atomic mass is 32.1. The summed E-state index contributed by atoms with van der Waals surface area (Å²) in [6.45, 7) is 0. The summed E-state index contributed by atoms with van der Waals surface area (Å²) in [4.78, 5) is 2.43. The summed E-state index contributed by atoms with van der Waals surface area (Å²) in [5, 5.41) is 10.1. The van der Waals surface area contributed by atoms with Crippen molar-refractivity contribution in [2.24, 2.45) is 0 Å². The molecule has 11 rings (SSSR count). The molecule has 3 heteroatoms. The number of hydrogen-bond acceptors (Lipinski definition) is 2. The molecule has 9 aromatic carbocycles. The zero-order valence-electron chi connectivity index (χ0n) is 28.8. The Bertz CT molecular complexity index is 3160. The van der Waals surface area contributed by atoms with Crippen LogP contribution >= 0.6 is 11.3 Å². The van der Waals surface area contributed by atoms with Gasteiger partial charge in [0.2, 0.25) is 0 Å². The summed E-state index contributed by atoms with van der Waals surface area (Å²) in [5.41, 5.74) is 9.45. The molecule has 0 atom stereocenters. The molecule has 0 aliphatic rings. The Hall–Kier alpha value is -6.68. The molecule has 0 amide bonds. The molecule has 11 aromatic rings. The number of anilines is 3. The summed E-state index contributed by atoms with van der Waals surface area (Å²) in [6, 6.07) is 70.9. The van der Waals surface area contributed by atoms with Gasteiger partial charge in [-0.05, 0) is 87.9 Å². The molecule has 0 N–H and O–H groups in total. The number of nitrogens with zero attached hydrogens (tertiary/aromatic N) is 2. The molecule has 0 aliphatic carbocycles. The topological polar surface area (TPSA) is 8.17 Å². The maximum atomic E-state index is 2.44. The third-order valence-corrected chi connectivity index (χ3v) is 11.9. The SMILES string of the molecule is c1ccc2c(-c3ccc(N(c4ccc(-n5c6ccccc6c6ccc7ccccc7c65)cc4)c4cccc5sc6ccccc6c45)cc3)cccc2c1. The molecule has 2 aromatic heterocycles. The van der Waals surface area contributed by atoms with Crippen molar-refractivity contribution in [3.05, 3.63) is 194 Å². The van der Waals surface area contributed by atoms with E-state index in [0.717, 1.165) is 17.1 Å². The highest BCUT2D eigenvalue weighted by Gasteiger charge is 2.20. The largest absolute Gasteiger partial charge is 0.310 e. The third-order valence-electron chi connectivity index (χ3n) is 10.8. The van der Waals surface area contributed by atoms with Crippen LogP contribution in [0.4, 0.5) is 17.1 Å². The van der Waals surface area contributed by atoms with E-state index in [-0.39, 0.29) is 0 Å². The zero-order valence-corrected chi connectivity index (χ0v) is 29.6. The lowest BCUT2D eigenvalue weighted by Gasteiger charge is -2.27. The van der Waals surface area contributed by atoms with E-state index < -0.39 is 0 Å². The third kappa shape index (κ3) is 4.71. The Morgan fingerprint density at radius 3 is 1.81 bits per heavy atom. The first-order chi connectivity index (χ1) is 26.3. The monoisotopic (exact) mass is 692 g/mol. The summed E-state index contributed by atoms with van der Waals surface area (Å²) in [7, 11) is 0. The molecule has 0 saturated carbocycles. The van der Waals surface area contributed by atoms with E-state index in [2.05, 4.69) is 204 Å². The van der Waals surface area contributed by atoms with Gasteiger partial charge in [-0.2, -0.15) is 0 Å². The van der Waals surface area contributed by atoms with Gasteiger partial charge in [0.1, 0.15) is 0 Å². The summed E-state index contributed by atoms with van der Waals surface area (Å²) in [6.07, 6.45) is 0. The lowest BCUT2D eigenvalue weighted by atomic mass is 9.98. The lowest BCUT2D eigenvalue weighted by Crippen LogP contribution is -2.10. The average Bonchev–Trinajstić information content (AvgIpc) is 3.78. The Balaban J connectivity index is 1.10. The maximum absolute atomic E-state index is 2.44. The quantitative estimate of drug-likeness (QED) is 0.174. The Kier molecular flexibility index (Phi) is 6.76. The maximum Gasteiger partial charge on any atom is 0.0619 e. The van der Waals surface area contributed by atoms with Crippen LogP contribution in [0.5, 0.6) is 0 Å². The fraction of sp³-hybridized carbons (Fsp3) is 0. The molecule has 0 fully saturated rings. The van der Waals surface area contributed by atoms with Crippen molar-refractivity contribution in [2.75, 3.05) is 4.90 Å². The van der Waals surface area contributed by atoms with Gasteiger partial charge in [-0.3, -0.25) is 0 Å². The van der Waals surface area contributed by atoms with Crippen molar-refractivity contribution < 1.29 is 0 Å². The average molecular weight is 693 g/mol. The fourth-order valence-corrected chi connectivity index (χ4v) is 9.51. The van der Waals surface area contributed by atoms with Crippen LogP contribution in [0.3, 0.4) is 0 Å². The molecular formula is C50H32N2S. The van der Waals surface area contributed by atoms with E-state index in [1.165, 1.54) is 80.3 Å². The predicted octanol–water partition coefficient (Wildman–Crippen LogP) is 14.6. The lowest BCUT2D eigenvalue weighted by molar-refractivity contribution is 1.18. The minimum Gasteiger partial charge on any atom is -0.310 e. The zero-order chi connectivity index (χ0) is 34.9. The van der Waals surface area contributed by atoms with Gasteiger partial charge in [-0.1, -0.05) is 133 Å². The standard InChI is InChI=1S/C50H32N2S/c1-3-14-39-33(11-1)13-9-18-40(39)35-23-26-36(27-24-35)51(46-20-10-22-48-49(46)44-17-6-8-21-47(44)53-48)37-28-30-38(31-29-37)52-45-19-7-5-16-42(45)43-32-25-34-12-2-4-15-41(34)50(43)52/h1-32H. The number of benzene rings is 9. The Morgan fingerprint density at radius 2 is 1.00 bits per heavy atom. The van der Waals surface area contributed by atoms with Gasteiger partial charge in [-0.25, -0.2) is 0 Å². The molecule has 0 saturated heterocycles. The molecular weight excluding hydrogens is 661 g/mol. The van der Waals surface area contributed by atoms with Crippen molar-refractivity contribution in [2.45, 2.75) is 0 Å². The van der Waals surface area contributed by atoms with Crippen molar-refractivity contribution in [3.8, 4) is 16.8 Å². The highest BCUT2D eigenvalue weighted by Crippen LogP contribution is 2.46. The van der Waals surface area contributed by atoms with Crippen LogP contribution in [-0.2, 0) is 0 Å². The molecule has 53 heavy (non-hydrogen) atoms. The van der Waals surface area contributed by atoms with E-state index in [1.54, 1.807) is 0 Å². The molecule has 248 valence electrons. The minimum atomic E-state index is 1.11. The molecule has 2 nitrogen and oxygen atoms in total. The van der Waals surface area contributed by atoms with Gasteiger partial charge in [0, 0.05) is 53.4 Å². The second-order valence-corrected chi connectivity index (χ2v) is 14.8. The first kappa shape index (κ1) is 30.0. The van der Waals surface area contributed by atoms with Crippen molar-refractivity contribution in [3.63, 3.8) is 0 Å². The smallest absolute Gasteiger partial charge is 0.0619 e. The normalized spacial score (nSPS) is 11.8. The predicted molar refractivity (Wildman–Crippen MR) is 229 cm³/mol. The van der Waals surface area contributed by atoms with Crippen molar-refractivity contribution in [1.82, 2.24) is 4.57 Å². The molecule has 0 radical (unpaired) electrons. The molecule has 0 spiro atoms. The van der Waals surface area contributed by atoms with Crippen molar-refractivity contribution in [1.29, 1.82) is 0 Å². The van der Waals surface area contributed by atoms with Gasteiger partial charge < -0.3 is 9.47 Å². The second kappa shape index (κ2) is 11.9. The van der Waals surface area contributed by atoms with Crippen LogP contribution in [-0.4, -0.2) is 4.57 Å². The minimum absolute atomic E-state index is 1.11.